The molecular weight excluding hydrogens is 486 g/mol. The zero-order chi connectivity index (χ0) is 27.2. The minimum atomic E-state index is -0.637. The summed E-state index contributed by atoms with van der Waals surface area (Å²) in [5, 5.41) is 15.7. The summed E-state index contributed by atoms with van der Waals surface area (Å²) in [5.41, 5.74) is 0.294. The van der Waals surface area contributed by atoms with Gasteiger partial charge in [0.1, 0.15) is 6.04 Å². The van der Waals surface area contributed by atoms with Gasteiger partial charge < -0.3 is 20.6 Å². The first kappa shape index (κ1) is 28.0. The maximum absolute atomic E-state index is 14.1. The first-order valence-electron chi connectivity index (χ1n) is 13.6. The fourth-order valence-electron chi connectivity index (χ4n) is 7.27. The molecule has 8 heteroatoms. The molecule has 3 unspecified atom stereocenters. The molecule has 3 N–H and O–H groups in total. The number of thioether (sulfide) groups is 1. The molecule has 3 aliphatic heterocycles. The average Bonchev–Trinajstić information content (AvgIpc) is 3.36. The number of para-hydroxylation sites is 1. The molecule has 1 aromatic rings. The Bertz CT molecular complexity index is 1020. The maximum Gasteiger partial charge on any atom is 0.244 e. The van der Waals surface area contributed by atoms with Crippen LogP contribution in [0.3, 0.4) is 0 Å². The van der Waals surface area contributed by atoms with Gasteiger partial charge in [-0.15, -0.1) is 11.8 Å². The molecule has 0 aliphatic carbocycles. The lowest BCUT2D eigenvalue weighted by molar-refractivity contribution is -0.139. The molecule has 37 heavy (non-hydrogen) atoms. The second kappa shape index (κ2) is 10.3. The van der Waals surface area contributed by atoms with Crippen LogP contribution in [0.4, 0.5) is 5.69 Å². The van der Waals surface area contributed by atoms with Crippen LogP contribution in [-0.2, 0) is 14.4 Å². The van der Waals surface area contributed by atoms with Gasteiger partial charge in [-0.1, -0.05) is 45.9 Å². The van der Waals surface area contributed by atoms with Crippen molar-refractivity contribution in [3.63, 3.8) is 0 Å². The second-order valence-electron chi connectivity index (χ2n) is 13.0. The van der Waals surface area contributed by atoms with Crippen molar-refractivity contribution in [3.8, 4) is 0 Å². The Hall–Kier alpha value is -2.06. The fraction of sp³-hybridized carbons (Fsp3) is 0.690. The Morgan fingerprint density at radius 1 is 1.11 bits per heavy atom. The van der Waals surface area contributed by atoms with Crippen molar-refractivity contribution in [2.24, 2.45) is 23.2 Å². The van der Waals surface area contributed by atoms with Crippen molar-refractivity contribution in [2.75, 3.05) is 18.5 Å². The van der Waals surface area contributed by atoms with E-state index in [-0.39, 0.29) is 40.9 Å². The lowest BCUT2D eigenvalue weighted by Gasteiger charge is -2.41. The third-order valence-corrected chi connectivity index (χ3v) is 10.2. The molecule has 7 nitrogen and oxygen atoms in total. The maximum atomic E-state index is 14.1. The van der Waals surface area contributed by atoms with Crippen LogP contribution in [0.1, 0.15) is 67.2 Å². The van der Waals surface area contributed by atoms with Crippen molar-refractivity contribution in [1.29, 1.82) is 0 Å². The number of hydrogen-bond donors (Lipinski definition) is 3. The summed E-state index contributed by atoms with van der Waals surface area (Å²) < 4.78 is -0.637. The second-order valence-corrected chi connectivity index (χ2v) is 14.5. The Labute approximate surface area is 225 Å². The minimum absolute atomic E-state index is 0.00476. The highest BCUT2D eigenvalue weighted by molar-refractivity contribution is 8.02. The summed E-state index contributed by atoms with van der Waals surface area (Å²) >= 11 is 1.69. The summed E-state index contributed by atoms with van der Waals surface area (Å²) in [6.07, 6.45) is 2.78. The first-order valence-corrected chi connectivity index (χ1v) is 14.5. The van der Waals surface area contributed by atoms with Crippen molar-refractivity contribution < 1.29 is 19.5 Å². The minimum Gasteiger partial charge on any atom is -0.396 e. The smallest absolute Gasteiger partial charge is 0.244 e. The lowest BCUT2D eigenvalue weighted by Crippen LogP contribution is -2.60. The van der Waals surface area contributed by atoms with Gasteiger partial charge in [0, 0.05) is 29.6 Å². The number of aliphatic hydroxyl groups is 1. The summed E-state index contributed by atoms with van der Waals surface area (Å²) in [4.78, 5) is 43.5. The molecule has 6 atom stereocenters. The molecule has 3 amide bonds. The monoisotopic (exact) mass is 529 g/mol. The van der Waals surface area contributed by atoms with Crippen molar-refractivity contribution in [3.05, 3.63) is 30.3 Å². The number of carbonyl (C=O) groups is 3. The van der Waals surface area contributed by atoms with Crippen LogP contribution in [0, 0.1) is 23.2 Å². The number of benzene rings is 1. The van der Waals surface area contributed by atoms with E-state index in [2.05, 4.69) is 38.3 Å². The molecule has 0 aromatic heterocycles. The predicted molar refractivity (Wildman–Crippen MR) is 148 cm³/mol. The van der Waals surface area contributed by atoms with Gasteiger partial charge >= 0.3 is 0 Å². The number of likely N-dealkylation sites (tertiary alicyclic amines) is 1. The van der Waals surface area contributed by atoms with Gasteiger partial charge in [0.2, 0.25) is 17.7 Å². The standard InChI is InChI=1S/C29H43N3O4S/c1-18-16-20-21(24(34)30-19-12-8-7-9-13-19)22-26(36)32(14-10-11-15-33)23(29(18,22)37-20)25(35)31-28(5,6)17-27(2,3)4/h7-9,12-13,18,20-23,33H,10-11,14-17H2,1-6H3,(H,30,34)(H,31,35)/t18?,20-,21+,22-,23?,29?/m0/s1. The normalized spacial score (nSPS) is 30.9. The van der Waals surface area contributed by atoms with Gasteiger partial charge in [-0.2, -0.15) is 0 Å². The highest BCUT2D eigenvalue weighted by Gasteiger charge is 2.76. The quantitative estimate of drug-likeness (QED) is 0.419. The molecule has 204 valence electrons. The number of nitrogens with zero attached hydrogens (tertiary/aromatic N) is 1. The summed E-state index contributed by atoms with van der Waals surface area (Å²) in [7, 11) is 0. The average molecular weight is 530 g/mol. The summed E-state index contributed by atoms with van der Waals surface area (Å²) in [5.74, 6) is -1.25. The van der Waals surface area contributed by atoms with Crippen molar-refractivity contribution in [2.45, 2.75) is 88.8 Å². The molecule has 1 spiro atoms. The Morgan fingerprint density at radius 3 is 2.41 bits per heavy atom. The van der Waals surface area contributed by atoms with E-state index in [0.29, 0.717) is 25.1 Å². The third kappa shape index (κ3) is 5.29. The number of fused-ring (bicyclic) bond motifs is 1. The summed E-state index contributed by atoms with van der Waals surface area (Å²) in [6.45, 7) is 13.1. The molecule has 1 aromatic carbocycles. The number of hydrogen-bond acceptors (Lipinski definition) is 5. The van der Waals surface area contributed by atoms with E-state index in [9.17, 15) is 19.5 Å². The molecular formula is C29H43N3O4S. The van der Waals surface area contributed by atoms with Crippen LogP contribution < -0.4 is 10.6 Å². The Morgan fingerprint density at radius 2 is 1.78 bits per heavy atom. The zero-order valence-corrected chi connectivity index (χ0v) is 23.9. The van der Waals surface area contributed by atoms with Gasteiger partial charge in [-0.3, -0.25) is 14.4 Å². The van der Waals surface area contributed by atoms with Gasteiger partial charge in [0.05, 0.1) is 16.6 Å². The van der Waals surface area contributed by atoms with E-state index in [1.807, 2.05) is 44.2 Å². The lowest BCUT2D eigenvalue weighted by atomic mass is 9.65. The summed E-state index contributed by atoms with van der Waals surface area (Å²) in [6, 6.07) is 8.71. The van der Waals surface area contributed by atoms with Gasteiger partial charge in [-0.05, 0) is 63.0 Å². The van der Waals surface area contributed by atoms with Crippen LogP contribution in [0.15, 0.2) is 30.3 Å². The van der Waals surface area contributed by atoms with Crippen molar-refractivity contribution >= 4 is 35.2 Å². The van der Waals surface area contributed by atoms with E-state index in [1.54, 1.807) is 16.7 Å². The number of nitrogens with one attached hydrogen (secondary N) is 2. The molecule has 2 bridgehead atoms. The molecule has 4 rings (SSSR count). The fourth-order valence-corrected chi connectivity index (χ4v) is 9.70. The third-order valence-electron chi connectivity index (χ3n) is 8.08. The number of carbonyl (C=O) groups excluding carboxylic acids is 3. The molecule has 3 saturated heterocycles. The van der Waals surface area contributed by atoms with E-state index in [1.165, 1.54) is 0 Å². The van der Waals surface area contributed by atoms with E-state index in [4.69, 9.17) is 0 Å². The molecule has 0 radical (unpaired) electrons. The van der Waals surface area contributed by atoms with Crippen LogP contribution in [0.25, 0.3) is 0 Å². The topological polar surface area (TPSA) is 98.7 Å². The molecule has 3 heterocycles. The number of rotatable bonds is 9. The highest BCUT2D eigenvalue weighted by Crippen LogP contribution is 2.68. The van der Waals surface area contributed by atoms with Gasteiger partial charge in [0.25, 0.3) is 0 Å². The Kier molecular flexibility index (Phi) is 7.75. The molecule has 0 saturated carbocycles. The van der Waals surface area contributed by atoms with E-state index < -0.39 is 28.2 Å². The number of anilines is 1. The van der Waals surface area contributed by atoms with Crippen LogP contribution in [-0.4, -0.2) is 62.5 Å². The Balaban J connectivity index is 1.67. The van der Waals surface area contributed by atoms with Gasteiger partial charge in [-0.25, -0.2) is 0 Å². The first-order chi connectivity index (χ1) is 17.3. The SMILES string of the molecule is CC1C[C@@H]2SC13C(C(=O)NC(C)(C)CC(C)(C)C)N(CCCCO)C(=O)[C@@H]3[C@@H]2C(=O)Nc1ccccc1. The van der Waals surface area contributed by atoms with Crippen LogP contribution in [0.2, 0.25) is 0 Å². The number of amides is 3. The van der Waals surface area contributed by atoms with Gasteiger partial charge in [0.15, 0.2) is 0 Å². The van der Waals surface area contributed by atoms with E-state index in [0.717, 1.165) is 12.8 Å². The number of unbranched alkanes of at least 4 members (excludes halogenated alkanes) is 1. The van der Waals surface area contributed by atoms with Crippen LogP contribution >= 0.6 is 11.8 Å². The number of aliphatic hydroxyl groups excluding tert-OH is 1. The zero-order valence-electron chi connectivity index (χ0n) is 23.0. The molecule has 3 fully saturated rings. The molecule has 3 aliphatic rings. The highest BCUT2D eigenvalue weighted by atomic mass is 32.2. The van der Waals surface area contributed by atoms with Crippen LogP contribution in [0.5, 0.6) is 0 Å². The predicted octanol–water partition coefficient (Wildman–Crippen LogP) is 4.07. The van der Waals surface area contributed by atoms with Crippen molar-refractivity contribution in [1.82, 2.24) is 10.2 Å². The largest absolute Gasteiger partial charge is 0.396 e. The van der Waals surface area contributed by atoms with E-state index >= 15 is 0 Å².